The van der Waals surface area contributed by atoms with Crippen LogP contribution in [-0.2, 0) is 4.79 Å². The molecule has 1 atom stereocenters. The minimum Gasteiger partial charge on any atom is -0.480 e. The normalized spacial score (nSPS) is 11.3. The first-order valence-electron chi connectivity index (χ1n) is 4.53. The van der Waals surface area contributed by atoms with Crippen molar-refractivity contribution in [3.8, 4) is 0 Å². The lowest BCUT2D eigenvalue weighted by Gasteiger charge is -2.21. The third-order valence-electron chi connectivity index (χ3n) is 1.70. The van der Waals surface area contributed by atoms with Gasteiger partial charge in [-0.25, -0.2) is 4.79 Å². The molecule has 0 saturated carbocycles. The third-order valence-corrected chi connectivity index (χ3v) is 1.70. The minimum atomic E-state index is -1.07. The van der Waals surface area contributed by atoms with Crippen LogP contribution in [0.2, 0.25) is 0 Å². The van der Waals surface area contributed by atoms with Crippen LogP contribution in [0.15, 0.2) is 25.3 Å². The molecule has 0 radical (unpaired) electrons. The summed E-state index contributed by atoms with van der Waals surface area (Å²) in [5, 5.41) is 10.9. The van der Waals surface area contributed by atoms with Gasteiger partial charge in [0.1, 0.15) is 6.04 Å². The van der Waals surface area contributed by atoms with Gasteiger partial charge >= 0.3 is 12.0 Å². The number of carbonyl (C=O) groups excluding carboxylic acids is 1. The summed E-state index contributed by atoms with van der Waals surface area (Å²) in [5.41, 5.74) is 0. The molecule has 0 fully saturated rings. The molecule has 0 aliphatic carbocycles. The lowest BCUT2D eigenvalue weighted by Crippen LogP contribution is -2.46. The molecule has 0 heterocycles. The number of amides is 2. The Balaban J connectivity index is 4.29. The van der Waals surface area contributed by atoms with E-state index in [1.54, 1.807) is 12.2 Å². The number of rotatable bonds is 6. The number of carboxylic acid groups (broad SMARTS) is 1. The van der Waals surface area contributed by atoms with Crippen LogP contribution >= 0.6 is 0 Å². The van der Waals surface area contributed by atoms with Gasteiger partial charge in [-0.1, -0.05) is 12.2 Å². The van der Waals surface area contributed by atoms with Gasteiger partial charge in [-0.05, 0) is 6.92 Å². The molecule has 0 aromatic carbocycles. The quantitative estimate of drug-likeness (QED) is 0.641. The van der Waals surface area contributed by atoms with Crippen molar-refractivity contribution >= 4 is 12.0 Å². The summed E-state index contributed by atoms with van der Waals surface area (Å²) in [6.45, 7) is 9.12. The Kier molecular flexibility index (Phi) is 5.85. The monoisotopic (exact) mass is 212 g/mol. The van der Waals surface area contributed by atoms with Crippen LogP contribution in [0.1, 0.15) is 6.92 Å². The molecule has 5 nitrogen and oxygen atoms in total. The number of carboxylic acids is 1. The Morgan fingerprint density at radius 2 is 1.87 bits per heavy atom. The van der Waals surface area contributed by atoms with Crippen LogP contribution < -0.4 is 5.32 Å². The van der Waals surface area contributed by atoms with Crippen LogP contribution in [0.5, 0.6) is 0 Å². The van der Waals surface area contributed by atoms with E-state index in [4.69, 9.17) is 5.11 Å². The molecule has 0 saturated heterocycles. The van der Waals surface area contributed by atoms with Gasteiger partial charge in [0.2, 0.25) is 0 Å². The van der Waals surface area contributed by atoms with E-state index in [1.165, 1.54) is 11.8 Å². The van der Waals surface area contributed by atoms with Gasteiger partial charge < -0.3 is 15.3 Å². The molecule has 0 aliphatic rings. The highest BCUT2D eigenvalue weighted by Crippen LogP contribution is 1.92. The summed E-state index contributed by atoms with van der Waals surface area (Å²) in [6.07, 6.45) is 3.13. The number of nitrogens with zero attached hydrogens (tertiary/aromatic N) is 1. The van der Waals surface area contributed by atoms with Gasteiger partial charge in [-0.15, -0.1) is 13.2 Å². The highest BCUT2D eigenvalue weighted by atomic mass is 16.4. The molecule has 0 aliphatic heterocycles. The Labute approximate surface area is 89.1 Å². The van der Waals surface area contributed by atoms with Crippen LogP contribution in [-0.4, -0.2) is 41.1 Å². The van der Waals surface area contributed by atoms with Crippen molar-refractivity contribution in [2.24, 2.45) is 0 Å². The maximum atomic E-state index is 11.5. The number of carbonyl (C=O) groups is 2. The van der Waals surface area contributed by atoms with Gasteiger partial charge in [0.05, 0.1) is 0 Å². The van der Waals surface area contributed by atoms with Crippen LogP contribution in [0.3, 0.4) is 0 Å². The summed E-state index contributed by atoms with van der Waals surface area (Å²) >= 11 is 0. The highest BCUT2D eigenvalue weighted by Gasteiger charge is 2.17. The molecule has 0 unspecified atom stereocenters. The van der Waals surface area contributed by atoms with Gasteiger partial charge in [0.25, 0.3) is 0 Å². The van der Waals surface area contributed by atoms with Crippen molar-refractivity contribution < 1.29 is 14.7 Å². The van der Waals surface area contributed by atoms with Crippen molar-refractivity contribution in [3.63, 3.8) is 0 Å². The van der Waals surface area contributed by atoms with E-state index in [9.17, 15) is 9.59 Å². The van der Waals surface area contributed by atoms with E-state index in [1.807, 2.05) is 0 Å². The van der Waals surface area contributed by atoms with E-state index in [0.29, 0.717) is 13.1 Å². The van der Waals surface area contributed by atoms with Crippen molar-refractivity contribution in [1.29, 1.82) is 0 Å². The van der Waals surface area contributed by atoms with Crippen LogP contribution in [0.4, 0.5) is 4.79 Å². The predicted octanol–water partition coefficient (Wildman–Crippen LogP) is 0.843. The largest absolute Gasteiger partial charge is 0.480 e. The number of hydrogen-bond acceptors (Lipinski definition) is 2. The standard InChI is InChI=1S/C10H16N2O3/c1-4-6-12(7-5-2)10(15)11-8(3)9(13)14/h4-5,8H,1-2,6-7H2,3H3,(H,11,15)(H,13,14)/t8-/m0/s1. The van der Waals surface area contributed by atoms with Crippen LogP contribution in [0.25, 0.3) is 0 Å². The minimum absolute atomic E-state index is 0.351. The van der Waals surface area contributed by atoms with Crippen molar-refractivity contribution in [2.75, 3.05) is 13.1 Å². The lowest BCUT2D eigenvalue weighted by molar-refractivity contribution is -0.138. The number of nitrogens with one attached hydrogen (secondary N) is 1. The zero-order chi connectivity index (χ0) is 11.8. The van der Waals surface area contributed by atoms with Gasteiger partial charge in [0, 0.05) is 13.1 Å². The molecule has 5 heteroatoms. The Bertz CT molecular complexity index is 253. The second-order valence-electron chi connectivity index (χ2n) is 2.99. The average Bonchev–Trinajstić information content (AvgIpc) is 2.17. The van der Waals surface area contributed by atoms with Gasteiger partial charge in [-0.3, -0.25) is 4.79 Å². The molecule has 2 N–H and O–H groups in total. The smallest absolute Gasteiger partial charge is 0.325 e. The molecule has 15 heavy (non-hydrogen) atoms. The molecule has 0 bridgehead atoms. The first kappa shape index (κ1) is 13.2. The number of aliphatic carboxylic acids is 1. The molecule has 0 aromatic rings. The summed E-state index contributed by atoms with van der Waals surface area (Å²) in [4.78, 5) is 23.4. The first-order valence-corrected chi connectivity index (χ1v) is 4.53. The fraction of sp³-hybridized carbons (Fsp3) is 0.400. The van der Waals surface area contributed by atoms with Crippen molar-refractivity contribution in [3.05, 3.63) is 25.3 Å². The SMILES string of the molecule is C=CCN(CC=C)C(=O)N[C@@H](C)C(=O)O. The molecule has 84 valence electrons. The lowest BCUT2D eigenvalue weighted by atomic mass is 10.3. The van der Waals surface area contributed by atoms with E-state index in [2.05, 4.69) is 18.5 Å². The average molecular weight is 212 g/mol. The first-order chi connectivity index (χ1) is 7.02. The molecule has 0 aromatic heterocycles. The van der Waals surface area contributed by atoms with E-state index < -0.39 is 18.0 Å². The maximum absolute atomic E-state index is 11.5. The third kappa shape index (κ3) is 4.85. The second-order valence-corrected chi connectivity index (χ2v) is 2.99. The second kappa shape index (κ2) is 6.64. The zero-order valence-corrected chi connectivity index (χ0v) is 8.77. The van der Waals surface area contributed by atoms with Crippen molar-refractivity contribution in [1.82, 2.24) is 10.2 Å². The number of hydrogen-bond donors (Lipinski definition) is 2. The van der Waals surface area contributed by atoms with E-state index in [0.717, 1.165) is 0 Å². The Hall–Kier alpha value is -1.78. The highest BCUT2D eigenvalue weighted by molar-refractivity contribution is 5.82. The maximum Gasteiger partial charge on any atom is 0.325 e. The van der Waals surface area contributed by atoms with Crippen LogP contribution in [0, 0.1) is 0 Å². The zero-order valence-electron chi connectivity index (χ0n) is 8.77. The van der Waals surface area contributed by atoms with Gasteiger partial charge in [-0.2, -0.15) is 0 Å². The van der Waals surface area contributed by atoms with Crippen molar-refractivity contribution in [2.45, 2.75) is 13.0 Å². The summed E-state index contributed by atoms with van der Waals surface area (Å²) in [5.74, 6) is -1.07. The summed E-state index contributed by atoms with van der Waals surface area (Å²) < 4.78 is 0. The van der Waals surface area contributed by atoms with Gasteiger partial charge in [0.15, 0.2) is 0 Å². The fourth-order valence-corrected chi connectivity index (χ4v) is 0.890. The molecular weight excluding hydrogens is 196 g/mol. The Morgan fingerprint density at radius 3 is 2.20 bits per heavy atom. The fourth-order valence-electron chi connectivity index (χ4n) is 0.890. The Morgan fingerprint density at radius 1 is 1.40 bits per heavy atom. The molecule has 0 spiro atoms. The number of urea groups is 1. The molecule has 2 amide bonds. The predicted molar refractivity (Wildman–Crippen MR) is 57.6 cm³/mol. The topological polar surface area (TPSA) is 69.6 Å². The van der Waals surface area contributed by atoms with E-state index in [-0.39, 0.29) is 0 Å². The van der Waals surface area contributed by atoms with E-state index >= 15 is 0 Å². The molecule has 0 rings (SSSR count). The summed E-state index contributed by atoms with van der Waals surface area (Å²) in [7, 11) is 0. The summed E-state index contributed by atoms with van der Waals surface area (Å²) in [6, 6.07) is -1.35. The molecular formula is C10H16N2O3.